The van der Waals surface area contributed by atoms with Gasteiger partial charge in [0.2, 0.25) is 5.91 Å². The zero-order valence-electron chi connectivity index (χ0n) is 19.2. The van der Waals surface area contributed by atoms with Crippen LogP contribution >= 0.6 is 24.0 Å². The Morgan fingerprint density at radius 2 is 1.88 bits per heavy atom. The van der Waals surface area contributed by atoms with Crippen molar-refractivity contribution >= 4 is 35.8 Å². The molecule has 8 nitrogen and oxygen atoms in total. The number of hydrogen-bond donors (Lipinski definition) is 2. The van der Waals surface area contributed by atoms with Gasteiger partial charge < -0.3 is 15.5 Å². The molecule has 9 heteroatoms. The Morgan fingerprint density at radius 3 is 2.62 bits per heavy atom. The molecule has 2 heterocycles. The number of likely N-dealkylation sites (N-methyl/N-ethyl adjacent to an activating group) is 1. The first-order valence-corrected chi connectivity index (χ1v) is 11.3. The predicted molar refractivity (Wildman–Crippen MR) is 136 cm³/mol. The average molecular weight is 551 g/mol. The summed E-state index contributed by atoms with van der Waals surface area (Å²) < 4.78 is 2.01. The van der Waals surface area contributed by atoms with Crippen molar-refractivity contribution in [2.45, 2.75) is 64.1 Å². The molecule has 2 N–H and O–H groups in total. The highest BCUT2D eigenvalue weighted by Gasteiger charge is 2.24. The number of fused-ring (bicyclic) bond motifs is 2. The third-order valence-electron chi connectivity index (χ3n) is 6.12. The van der Waals surface area contributed by atoms with E-state index in [9.17, 15) is 4.79 Å². The number of guanidine groups is 1. The molecule has 0 bridgehead atoms. The van der Waals surface area contributed by atoms with E-state index in [0.717, 1.165) is 56.7 Å². The van der Waals surface area contributed by atoms with Gasteiger partial charge in [-0.2, -0.15) is 5.10 Å². The van der Waals surface area contributed by atoms with E-state index in [0.29, 0.717) is 12.0 Å². The summed E-state index contributed by atoms with van der Waals surface area (Å²) in [4.78, 5) is 22.9. The van der Waals surface area contributed by atoms with Crippen LogP contribution in [0.3, 0.4) is 0 Å². The van der Waals surface area contributed by atoms with Gasteiger partial charge in [0.15, 0.2) is 11.8 Å². The van der Waals surface area contributed by atoms with E-state index in [4.69, 9.17) is 0 Å². The van der Waals surface area contributed by atoms with Crippen molar-refractivity contribution in [3.63, 3.8) is 0 Å². The Bertz CT molecular complexity index is 956. The van der Waals surface area contributed by atoms with Crippen LogP contribution in [0.25, 0.3) is 0 Å². The van der Waals surface area contributed by atoms with Gasteiger partial charge in [-0.05, 0) is 36.8 Å². The van der Waals surface area contributed by atoms with Crippen LogP contribution in [0.5, 0.6) is 0 Å². The summed E-state index contributed by atoms with van der Waals surface area (Å²) in [6.07, 6.45) is 5.79. The molecule has 0 saturated carbocycles. The minimum atomic E-state index is -0.00937. The van der Waals surface area contributed by atoms with E-state index in [1.54, 1.807) is 19.0 Å². The van der Waals surface area contributed by atoms with Crippen LogP contribution in [0.1, 0.15) is 42.5 Å². The quantitative estimate of drug-likeness (QED) is 0.337. The number of hydrogen-bond acceptors (Lipinski definition) is 4. The summed E-state index contributed by atoms with van der Waals surface area (Å²) in [6, 6.07) is 9.15. The van der Waals surface area contributed by atoms with Gasteiger partial charge in [0, 0.05) is 39.0 Å². The van der Waals surface area contributed by atoms with Crippen molar-refractivity contribution in [2.75, 3.05) is 20.6 Å². The molecule has 0 fully saturated rings. The lowest BCUT2D eigenvalue weighted by molar-refractivity contribution is -0.127. The fourth-order valence-corrected chi connectivity index (χ4v) is 4.26. The first-order chi connectivity index (χ1) is 15.0. The summed E-state index contributed by atoms with van der Waals surface area (Å²) in [7, 11) is 3.52. The number of aryl methyl sites for hydroxylation is 3. The van der Waals surface area contributed by atoms with E-state index in [-0.39, 0.29) is 42.5 Å². The van der Waals surface area contributed by atoms with Crippen molar-refractivity contribution in [1.29, 1.82) is 0 Å². The number of carbonyl (C=O) groups is 1. The molecule has 1 aliphatic carbocycles. The largest absolute Gasteiger partial charge is 0.353 e. The molecule has 2 aliphatic rings. The molecule has 2 atom stereocenters. The summed E-state index contributed by atoms with van der Waals surface area (Å²) in [5, 5.41) is 11.8. The van der Waals surface area contributed by atoms with Crippen molar-refractivity contribution in [1.82, 2.24) is 30.3 Å². The molecule has 0 spiro atoms. The number of halogens is 1. The molecule has 1 aliphatic heterocycles. The topological polar surface area (TPSA) is 87.4 Å². The van der Waals surface area contributed by atoms with Crippen LogP contribution in [0.15, 0.2) is 29.3 Å². The molecule has 174 valence electrons. The van der Waals surface area contributed by atoms with Crippen LogP contribution in [0.2, 0.25) is 0 Å². The predicted octanol–water partition coefficient (Wildman–Crippen LogP) is 1.95. The number of nitrogens with zero attached hydrogens (tertiary/aromatic N) is 5. The third-order valence-corrected chi connectivity index (χ3v) is 6.12. The second-order valence-corrected chi connectivity index (χ2v) is 8.67. The molecule has 2 aromatic rings. The van der Waals surface area contributed by atoms with Crippen LogP contribution in [-0.2, 0) is 37.0 Å². The van der Waals surface area contributed by atoms with E-state index >= 15 is 0 Å². The molecular weight excluding hydrogens is 517 g/mol. The average Bonchev–Trinajstić information content (AvgIpc) is 3.19. The number of aliphatic imine (C=N–C) groups is 1. The van der Waals surface area contributed by atoms with E-state index < -0.39 is 0 Å². The lowest BCUT2D eigenvalue weighted by Gasteiger charge is -2.30. The zero-order valence-corrected chi connectivity index (χ0v) is 21.5. The summed E-state index contributed by atoms with van der Waals surface area (Å²) in [5.41, 5.74) is 2.83. The van der Waals surface area contributed by atoms with Gasteiger partial charge in [-0.15, -0.1) is 24.0 Å². The number of rotatable bonds is 5. The summed E-state index contributed by atoms with van der Waals surface area (Å²) >= 11 is 0. The molecule has 0 saturated heterocycles. The third kappa shape index (κ3) is 5.99. The first-order valence-electron chi connectivity index (χ1n) is 11.3. The second-order valence-electron chi connectivity index (χ2n) is 8.67. The highest BCUT2D eigenvalue weighted by Crippen LogP contribution is 2.21. The van der Waals surface area contributed by atoms with Crippen LogP contribution in [0, 0.1) is 0 Å². The summed E-state index contributed by atoms with van der Waals surface area (Å²) in [5.74, 6) is 2.67. The van der Waals surface area contributed by atoms with Crippen LogP contribution in [-0.4, -0.2) is 64.3 Å². The maximum Gasteiger partial charge on any atom is 0.243 e. The Balaban J connectivity index is 0.00000289. The maximum absolute atomic E-state index is 12.1. The summed E-state index contributed by atoms with van der Waals surface area (Å²) in [6.45, 7) is 2.97. The molecule has 1 amide bonds. The van der Waals surface area contributed by atoms with Crippen LogP contribution < -0.4 is 10.6 Å². The van der Waals surface area contributed by atoms with Gasteiger partial charge in [0.1, 0.15) is 12.4 Å². The highest BCUT2D eigenvalue weighted by atomic mass is 127. The lowest BCUT2D eigenvalue weighted by Crippen LogP contribution is -2.51. The molecule has 32 heavy (non-hydrogen) atoms. The Kier molecular flexibility index (Phi) is 8.50. The van der Waals surface area contributed by atoms with Gasteiger partial charge in [-0.3, -0.25) is 4.79 Å². The molecule has 1 aromatic carbocycles. The van der Waals surface area contributed by atoms with Gasteiger partial charge in [0.25, 0.3) is 0 Å². The molecule has 4 rings (SSSR count). The van der Waals surface area contributed by atoms with Gasteiger partial charge in [-0.1, -0.05) is 31.2 Å². The standard InChI is InChI=1S/C23H33N7O.HI/c1-4-20-27-21-12-11-19(15-30(21)28-20)26-23(24-14-22(31)29(2)3)25-18-10-9-16-7-5-6-8-17(16)13-18;/h5-8,18-19H,4,9-15H2,1-3H3,(H2,24,25,26);1H. The van der Waals surface area contributed by atoms with E-state index in [1.807, 2.05) is 4.68 Å². The van der Waals surface area contributed by atoms with E-state index in [2.05, 4.69) is 56.9 Å². The fraction of sp³-hybridized carbons (Fsp3) is 0.565. The Morgan fingerprint density at radius 1 is 1.16 bits per heavy atom. The number of carbonyl (C=O) groups excluding carboxylic acids is 1. The van der Waals surface area contributed by atoms with Gasteiger partial charge in [0.05, 0.1) is 6.54 Å². The second kappa shape index (κ2) is 11.1. The maximum atomic E-state index is 12.1. The smallest absolute Gasteiger partial charge is 0.243 e. The SMILES string of the molecule is CCc1nc2n(n1)CC(NC(=NCC(=O)N(C)C)NC1CCc3ccccc3C1)CC2.I. The van der Waals surface area contributed by atoms with Gasteiger partial charge in [-0.25, -0.2) is 14.7 Å². The van der Waals surface area contributed by atoms with Crippen LogP contribution in [0.4, 0.5) is 0 Å². The van der Waals surface area contributed by atoms with Crippen molar-refractivity contribution < 1.29 is 4.79 Å². The Labute approximate surface area is 207 Å². The molecule has 1 aromatic heterocycles. The molecular formula is C23H34IN7O. The number of nitrogens with one attached hydrogen (secondary N) is 2. The minimum Gasteiger partial charge on any atom is -0.353 e. The lowest BCUT2D eigenvalue weighted by atomic mass is 9.88. The van der Waals surface area contributed by atoms with Crippen molar-refractivity contribution in [3.05, 3.63) is 47.0 Å². The number of aromatic nitrogens is 3. The number of amides is 1. The molecule has 0 radical (unpaired) electrons. The Hall–Kier alpha value is -2.17. The highest BCUT2D eigenvalue weighted by molar-refractivity contribution is 14.0. The molecule has 2 unspecified atom stereocenters. The van der Waals surface area contributed by atoms with Crippen molar-refractivity contribution in [3.8, 4) is 0 Å². The van der Waals surface area contributed by atoms with E-state index in [1.165, 1.54) is 11.1 Å². The van der Waals surface area contributed by atoms with Crippen molar-refractivity contribution in [2.24, 2.45) is 4.99 Å². The first kappa shape index (κ1) is 24.5. The normalized spacial score (nSPS) is 19.9. The van der Waals surface area contributed by atoms with Gasteiger partial charge >= 0.3 is 0 Å². The zero-order chi connectivity index (χ0) is 21.8. The minimum absolute atomic E-state index is 0. The number of benzene rings is 1. The fourth-order valence-electron chi connectivity index (χ4n) is 4.26. The monoisotopic (exact) mass is 551 g/mol.